The van der Waals surface area contributed by atoms with Gasteiger partial charge >= 0.3 is 0 Å². The van der Waals surface area contributed by atoms with Gasteiger partial charge in [-0.3, -0.25) is 9.59 Å². The molecule has 0 bridgehead atoms. The van der Waals surface area contributed by atoms with Crippen LogP contribution in [-0.4, -0.2) is 44.7 Å². The quantitative estimate of drug-likeness (QED) is 0.782. The van der Waals surface area contributed by atoms with Gasteiger partial charge < -0.3 is 19.7 Å². The summed E-state index contributed by atoms with van der Waals surface area (Å²) in [5, 5.41) is 2.93. The van der Waals surface area contributed by atoms with Gasteiger partial charge in [0.1, 0.15) is 12.4 Å². The van der Waals surface area contributed by atoms with Gasteiger partial charge in [-0.15, -0.1) is 0 Å². The molecule has 0 spiro atoms. The summed E-state index contributed by atoms with van der Waals surface area (Å²) in [7, 11) is 1.63. The molecule has 2 aromatic rings. The lowest BCUT2D eigenvalue weighted by Crippen LogP contribution is -2.50. The molecule has 2 amide bonds. The summed E-state index contributed by atoms with van der Waals surface area (Å²) in [5.74, 6) is 0.689. The lowest BCUT2D eigenvalue weighted by molar-refractivity contribution is -0.129. The van der Waals surface area contributed by atoms with E-state index >= 15 is 0 Å². The molecule has 6 nitrogen and oxygen atoms in total. The van der Waals surface area contributed by atoms with Crippen LogP contribution in [0.3, 0.4) is 0 Å². The van der Waals surface area contributed by atoms with Gasteiger partial charge in [0.2, 0.25) is 5.91 Å². The Balaban J connectivity index is 1.50. The van der Waals surface area contributed by atoms with Crippen molar-refractivity contribution in [2.75, 3.05) is 31.7 Å². The Morgan fingerprint density at radius 2 is 2.03 bits per heavy atom. The summed E-state index contributed by atoms with van der Waals surface area (Å²) in [4.78, 5) is 26.3. The summed E-state index contributed by atoms with van der Waals surface area (Å²) in [6, 6.07) is 13.7. The zero-order valence-electron chi connectivity index (χ0n) is 17.2. The molecule has 1 saturated heterocycles. The molecule has 0 saturated carbocycles. The van der Waals surface area contributed by atoms with E-state index in [0.717, 1.165) is 22.6 Å². The third-order valence-corrected chi connectivity index (χ3v) is 5.23. The number of hydrogen-bond donors (Lipinski definition) is 1. The summed E-state index contributed by atoms with van der Waals surface area (Å²) in [5.41, 5.74) is 4.26. The zero-order chi connectivity index (χ0) is 20.8. The van der Waals surface area contributed by atoms with E-state index in [1.807, 2.05) is 56.3 Å². The maximum atomic E-state index is 12.3. The van der Waals surface area contributed by atoms with Gasteiger partial charge in [-0.25, -0.2) is 0 Å². The van der Waals surface area contributed by atoms with Crippen LogP contribution in [0.1, 0.15) is 23.1 Å². The molecule has 3 rings (SSSR count). The number of carbonyl (C=O) groups is 2. The highest BCUT2D eigenvalue weighted by molar-refractivity contribution is 5.95. The Hall–Kier alpha value is -2.86. The minimum absolute atomic E-state index is 0.0251. The monoisotopic (exact) mass is 396 g/mol. The van der Waals surface area contributed by atoms with Crippen LogP contribution in [0.2, 0.25) is 0 Å². The van der Waals surface area contributed by atoms with Gasteiger partial charge in [0.15, 0.2) is 0 Å². The fourth-order valence-electron chi connectivity index (χ4n) is 3.29. The van der Waals surface area contributed by atoms with Crippen molar-refractivity contribution in [2.24, 2.45) is 0 Å². The smallest absolute Gasteiger partial charge is 0.253 e. The molecule has 2 aromatic carbocycles. The van der Waals surface area contributed by atoms with Crippen molar-refractivity contribution in [2.45, 2.75) is 32.8 Å². The largest absolute Gasteiger partial charge is 0.497 e. The van der Waals surface area contributed by atoms with Crippen LogP contribution in [0.25, 0.3) is 0 Å². The third kappa shape index (κ3) is 5.57. The van der Waals surface area contributed by atoms with Crippen LogP contribution in [0, 0.1) is 13.8 Å². The fraction of sp³-hybridized carbons (Fsp3) is 0.391. The lowest BCUT2D eigenvalue weighted by atomic mass is 10.1. The van der Waals surface area contributed by atoms with Crippen molar-refractivity contribution in [3.05, 3.63) is 59.2 Å². The fourth-order valence-corrected chi connectivity index (χ4v) is 3.29. The molecule has 6 heteroatoms. The first kappa shape index (κ1) is 20.9. The van der Waals surface area contributed by atoms with Gasteiger partial charge in [0, 0.05) is 18.7 Å². The number of nitrogens with zero attached hydrogens (tertiary/aromatic N) is 1. The topological polar surface area (TPSA) is 67.9 Å². The third-order valence-electron chi connectivity index (χ3n) is 5.23. The lowest BCUT2D eigenvalue weighted by Gasteiger charge is -2.33. The Bertz CT molecular complexity index is 881. The predicted octanol–water partition coefficient (Wildman–Crippen LogP) is 2.79. The van der Waals surface area contributed by atoms with Crippen LogP contribution in [0.4, 0.5) is 5.69 Å². The van der Waals surface area contributed by atoms with E-state index in [1.165, 1.54) is 5.56 Å². The molecule has 1 aliphatic heterocycles. The van der Waals surface area contributed by atoms with Crippen molar-refractivity contribution in [3.8, 4) is 5.75 Å². The SMILES string of the molecule is COc1cccc(CCC(=O)NCC2CN(c3ccc(C)c(C)c3)C(=O)CO2)c1. The van der Waals surface area contributed by atoms with Gasteiger partial charge in [-0.05, 0) is 61.2 Å². The van der Waals surface area contributed by atoms with E-state index in [1.54, 1.807) is 12.0 Å². The number of anilines is 1. The number of amides is 2. The second-order valence-corrected chi connectivity index (χ2v) is 7.36. The van der Waals surface area contributed by atoms with E-state index in [2.05, 4.69) is 5.32 Å². The van der Waals surface area contributed by atoms with Crippen molar-refractivity contribution >= 4 is 17.5 Å². The first-order valence-electron chi connectivity index (χ1n) is 9.85. The van der Waals surface area contributed by atoms with Crippen molar-refractivity contribution in [3.63, 3.8) is 0 Å². The zero-order valence-corrected chi connectivity index (χ0v) is 17.2. The summed E-state index contributed by atoms with van der Waals surface area (Å²) < 4.78 is 10.8. The average molecular weight is 396 g/mol. The Labute approximate surface area is 171 Å². The van der Waals surface area contributed by atoms with Crippen molar-refractivity contribution in [1.82, 2.24) is 5.32 Å². The number of benzene rings is 2. The minimum atomic E-state index is -0.227. The molecule has 1 aliphatic rings. The average Bonchev–Trinajstić information content (AvgIpc) is 2.74. The normalized spacial score (nSPS) is 16.6. The Morgan fingerprint density at radius 3 is 2.79 bits per heavy atom. The molecule has 154 valence electrons. The van der Waals surface area contributed by atoms with Crippen LogP contribution < -0.4 is 15.0 Å². The highest BCUT2D eigenvalue weighted by Crippen LogP contribution is 2.22. The molecule has 1 N–H and O–H groups in total. The van der Waals surface area contributed by atoms with E-state index in [4.69, 9.17) is 9.47 Å². The summed E-state index contributed by atoms with van der Waals surface area (Å²) in [6.07, 6.45) is 0.802. The Kier molecular flexibility index (Phi) is 6.88. The number of aryl methyl sites for hydroxylation is 3. The highest BCUT2D eigenvalue weighted by Gasteiger charge is 2.27. The predicted molar refractivity (Wildman–Crippen MR) is 112 cm³/mol. The Morgan fingerprint density at radius 1 is 1.21 bits per heavy atom. The number of nitrogens with one attached hydrogen (secondary N) is 1. The van der Waals surface area contributed by atoms with Gasteiger partial charge in [0.25, 0.3) is 5.91 Å². The second kappa shape index (κ2) is 9.56. The number of rotatable bonds is 7. The number of carbonyl (C=O) groups excluding carboxylic acids is 2. The highest BCUT2D eigenvalue weighted by atomic mass is 16.5. The molecule has 1 unspecified atom stereocenters. The van der Waals surface area contributed by atoms with Crippen LogP contribution in [0.15, 0.2) is 42.5 Å². The molecule has 0 aliphatic carbocycles. The molecule has 0 radical (unpaired) electrons. The number of methoxy groups -OCH3 is 1. The van der Waals surface area contributed by atoms with E-state index in [9.17, 15) is 9.59 Å². The molecule has 0 aromatic heterocycles. The number of morpholine rings is 1. The van der Waals surface area contributed by atoms with Crippen molar-refractivity contribution < 1.29 is 19.1 Å². The molecule has 1 fully saturated rings. The summed E-state index contributed by atoms with van der Waals surface area (Å²) >= 11 is 0. The maximum Gasteiger partial charge on any atom is 0.253 e. The van der Waals surface area contributed by atoms with E-state index in [-0.39, 0.29) is 24.5 Å². The first-order chi connectivity index (χ1) is 14.0. The van der Waals surface area contributed by atoms with Gasteiger partial charge in [0.05, 0.1) is 19.8 Å². The van der Waals surface area contributed by atoms with Crippen LogP contribution in [0.5, 0.6) is 5.75 Å². The second-order valence-electron chi connectivity index (χ2n) is 7.36. The number of ether oxygens (including phenoxy) is 2. The van der Waals surface area contributed by atoms with Gasteiger partial charge in [-0.2, -0.15) is 0 Å². The molecular weight excluding hydrogens is 368 g/mol. The van der Waals surface area contributed by atoms with Crippen molar-refractivity contribution in [1.29, 1.82) is 0 Å². The maximum absolute atomic E-state index is 12.3. The molecular formula is C23H28N2O4. The standard InChI is InChI=1S/C23H28N2O4/c1-16-7-9-19(11-17(16)2)25-14-21(29-15-23(25)27)13-24-22(26)10-8-18-5-4-6-20(12-18)28-3/h4-7,9,11-12,21H,8,10,13-15H2,1-3H3,(H,24,26). The molecule has 29 heavy (non-hydrogen) atoms. The van der Waals surface area contributed by atoms with Crippen LogP contribution >= 0.6 is 0 Å². The molecule has 1 atom stereocenters. The summed E-state index contributed by atoms with van der Waals surface area (Å²) in [6.45, 7) is 4.91. The number of hydrogen-bond acceptors (Lipinski definition) is 4. The van der Waals surface area contributed by atoms with Crippen LogP contribution in [-0.2, 0) is 20.7 Å². The first-order valence-corrected chi connectivity index (χ1v) is 9.85. The molecule has 1 heterocycles. The van der Waals surface area contributed by atoms with E-state index in [0.29, 0.717) is 25.9 Å². The van der Waals surface area contributed by atoms with Gasteiger partial charge in [-0.1, -0.05) is 18.2 Å². The minimum Gasteiger partial charge on any atom is -0.497 e. The van der Waals surface area contributed by atoms with E-state index < -0.39 is 0 Å².